The molecule has 0 aliphatic carbocycles. The van der Waals surface area contributed by atoms with Gasteiger partial charge in [-0.25, -0.2) is 0 Å². The summed E-state index contributed by atoms with van der Waals surface area (Å²) in [6, 6.07) is 6.95. The maximum atomic E-state index is 12.5. The fourth-order valence-corrected chi connectivity index (χ4v) is 2.98. The van der Waals surface area contributed by atoms with Gasteiger partial charge in [0, 0.05) is 35.5 Å². The van der Waals surface area contributed by atoms with Crippen LogP contribution in [0.3, 0.4) is 0 Å². The van der Waals surface area contributed by atoms with E-state index in [9.17, 15) is 9.59 Å². The van der Waals surface area contributed by atoms with Crippen molar-refractivity contribution >= 4 is 29.3 Å². The van der Waals surface area contributed by atoms with Crippen LogP contribution < -0.4 is 5.32 Å². The summed E-state index contributed by atoms with van der Waals surface area (Å²) in [7, 11) is 0. The lowest BCUT2D eigenvalue weighted by Crippen LogP contribution is -2.40. The highest BCUT2D eigenvalue weighted by molar-refractivity contribution is 8.02. The molecule has 0 atom stereocenters. The third-order valence-corrected chi connectivity index (χ3v) is 4.32. The molecule has 0 aromatic heterocycles. The Morgan fingerprint density at radius 3 is 2.74 bits per heavy atom. The Bertz CT molecular complexity index is 626. The molecule has 0 spiro atoms. The molecular formula is C16H18N2O4S. The smallest absolute Gasteiger partial charge is 0.291 e. The van der Waals surface area contributed by atoms with E-state index >= 15 is 0 Å². The molecular weight excluding hydrogens is 316 g/mol. The number of morpholine rings is 1. The van der Waals surface area contributed by atoms with Crippen LogP contribution >= 0.6 is 11.8 Å². The number of nitrogens with zero attached hydrogens (tertiary/aromatic N) is 1. The summed E-state index contributed by atoms with van der Waals surface area (Å²) in [6.07, 6.45) is 0. The summed E-state index contributed by atoms with van der Waals surface area (Å²) in [6.45, 7) is 2.83. The molecule has 2 aliphatic heterocycles. The molecule has 1 fully saturated rings. The van der Waals surface area contributed by atoms with Gasteiger partial charge < -0.3 is 19.7 Å². The molecule has 1 aromatic carbocycles. The summed E-state index contributed by atoms with van der Waals surface area (Å²) < 4.78 is 10.6. The van der Waals surface area contributed by atoms with E-state index in [-0.39, 0.29) is 11.8 Å². The number of thioether (sulfide) groups is 1. The van der Waals surface area contributed by atoms with Crippen LogP contribution in [0.5, 0.6) is 0 Å². The van der Waals surface area contributed by atoms with Gasteiger partial charge in [-0.2, -0.15) is 0 Å². The molecule has 1 aromatic rings. The number of carbonyl (C=O) groups is 2. The largest absolute Gasteiger partial charge is 0.487 e. The van der Waals surface area contributed by atoms with E-state index in [1.807, 2.05) is 0 Å². The molecule has 7 heteroatoms. The fraction of sp³-hybridized carbons (Fsp3) is 0.375. The minimum atomic E-state index is -0.298. The second-order valence-electron chi connectivity index (χ2n) is 5.14. The average molecular weight is 334 g/mol. The second-order valence-corrected chi connectivity index (χ2v) is 6.12. The van der Waals surface area contributed by atoms with Gasteiger partial charge in [0.05, 0.1) is 19.8 Å². The molecule has 0 bridgehead atoms. The third kappa shape index (κ3) is 4.05. The van der Waals surface area contributed by atoms with Crippen LogP contribution in [0.4, 0.5) is 5.69 Å². The van der Waals surface area contributed by atoms with Crippen molar-refractivity contribution in [2.75, 3.05) is 44.0 Å². The van der Waals surface area contributed by atoms with Crippen molar-refractivity contribution in [3.8, 4) is 0 Å². The maximum Gasteiger partial charge on any atom is 0.291 e. The number of nitrogens with one attached hydrogen (secondary N) is 1. The van der Waals surface area contributed by atoms with Gasteiger partial charge >= 0.3 is 0 Å². The molecule has 2 aliphatic rings. The molecule has 6 nitrogen and oxygen atoms in total. The van der Waals surface area contributed by atoms with Gasteiger partial charge in [-0.1, -0.05) is 6.07 Å². The number of hydrogen-bond acceptors (Lipinski definition) is 5. The van der Waals surface area contributed by atoms with E-state index in [2.05, 4.69) is 5.32 Å². The number of rotatable bonds is 3. The molecule has 2 heterocycles. The van der Waals surface area contributed by atoms with Crippen molar-refractivity contribution < 1.29 is 19.1 Å². The van der Waals surface area contributed by atoms with Crippen LogP contribution in [-0.4, -0.2) is 55.4 Å². The molecule has 23 heavy (non-hydrogen) atoms. The predicted molar refractivity (Wildman–Crippen MR) is 88.3 cm³/mol. The molecule has 0 saturated carbocycles. The van der Waals surface area contributed by atoms with E-state index in [0.717, 1.165) is 5.75 Å². The first kappa shape index (κ1) is 15.9. The lowest BCUT2D eigenvalue weighted by atomic mass is 10.1. The van der Waals surface area contributed by atoms with Crippen LogP contribution in [0.15, 0.2) is 35.4 Å². The highest BCUT2D eigenvalue weighted by Crippen LogP contribution is 2.18. The van der Waals surface area contributed by atoms with Gasteiger partial charge in [0.15, 0.2) is 5.76 Å². The van der Waals surface area contributed by atoms with E-state index in [4.69, 9.17) is 9.47 Å². The highest BCUT2D eigenvalue weighted by Gasteiger charge is 2.19. The number of ether oxygens (including phenoxy) is 2. The lowest BCUT2D eigenvalue weighted by molar-refractivity contribution is -0.116. The zero-order chi connectivity index (χ0) is 16.1. The van der Waals surface area contributed by atoms with Crippen molar-refractivity contribution in [2.45, 2.75) is 0 Å². The Labute approximate surface area is 138 Å². The SMILES string of the molecule is O=C(Nc1cccc(C(=O)N2CCOCC2)c1)C1=CSCCO1. The van der Waals surface area contributed by atoms with E-state index < -0.39 is 0 Å². The van der Waals surface area contributed by atoms with Crippen molar-refractivity contribution in [1.29, 1.82) is 0 Å². The topological polar surface area (TPSA) is 67.9 Å². The molecule has 3 rings (SSSR count). The van der Waals surface area contributed by atoms with Crippen LogP contribution in [-0.2, 0) is 14.3 Å². The molecule has 0 radical (unpaired) electrons. The average Bonchev–Trinajstić information content (AvgIpc) is 2.63. The minimum absolute atomic E-state index is 0.0481. The fourth-order valence-electron chi connectivity index (χ4n) is 2.36. The van der Waals surface area contributed by atoms with Gasteiger partial charge in [-0.15, -0.1) is 11.8 Å². The van der Waals surface area contributed by atoms with Crippen molar-refractivity contribution in [3.63, 3.8) is 0 Å². The first-order chi connectivity index (χ1) is 11.2. The lowest BCUT2D eigenvalue weighted by Gasteiger charge is -2.27. The van der Waals surface area contributed by atoms with E-state index in [1.165, 1.54) is 0 Å². The molecule has 122 valence electrons. The van der Waals surface area contributed by atoms with Crippen molar-refractivity contribution in [3.05, 3.63) is 41.0 Å². The van der Waals surface area contributed by atoms with Gasteiger partial charge in [-0.05, 0) is 18.2 Å². The Hall–Kier alpha value is -1.99. The number of anilines is 1. The Morgan fingerprint density at radius 1 is 1.17 bits per heavy atom. The third-order valence-electron chi connectivity index (χ3n) is 3.54. The zero-order valence-corrected chi connectivity index (χ0v) is 13.4. The number of hydrogen-bond donors (Lipinski definition) is 1. The van der Waals surface area contributed by atoms with Crippen molar-refractivity contribution in [1.82, 2.24) is 4.90 Å². The molecule has 1 saturated heterocycles. The van der Waals surface area contributed by atoms with Crippen LogP contribution in [0, 0.1) is 0 Å². The Morgan fingerprint density at radius 2 is 2.00 bits per heavy atom. The van der Waals surface area contributed by atoms with Crippen molar-refractivity contribution in [2.24, 2.45) is 0 Å². The predicted octanol–water partition coefficient (Wildman–Crippen LogP) is 1.70. The first-order valence-corrected chi connectivity index (χ1v) is 8.52. The normalized spacial score (nSPS) is 17.9. The quantitative estimate of drug-likeness (QED) is 0.911. The number of carbonyl (C=O) groups excluding carboxylic acids is 2. The summed E-state index contributed by atoms with van der Waals surface area (Å²) in [5.41, 5.74) is 1.13. The van der Waals surface area contributed by atoms with Gasteiger partial charge in [0.25, 0.3) is 11.8 Å². The standard InChI is InChI=1S/C16H18N2O4S/c19-15(14-11-23-9-8-22-14)17-13-3-1-2-12(10-13)16(20)18-4-6-21-7-5-18/h1-3,10-11H,4-9H2,(H,17,19). The summed E-state index contributed by atoms with van der Waals surface area (Å²) in [4.78, 5) is 26.3. The molecule has 1 N–H and O–H groups in total. The number of benzene rings is 1. The summed E-state index contributed by atoms with van der Waals surface area (Å²) in [5.74, 6) is 0.813. The first-order valence-electron chi connectivity index (χ1n) is 7.47. The maximum absolute atomic E-state index is 12.5. The highest BCUT2D eigenvalue weighted by atomic mass is 32.2. The number of amides is 2. The Balaban J connectivity index is 1.68. The van der Waals surface area contributed by atoms with Crippen LogP contribution in [0.25, 0.3) is 0 Å². The van der Waals surface area contributed by atoms with E-state index in [1.54, 1.807) is 46.3 Å². The second kappa shape index (κ2) is 7.52. The zero-order valence-electron chi connectivity index (χ0n) is 12.6. The van der Waals surface area contributed by atoms with E-state index in [0.29, 0.717) is 49.9 Å². The molecule has 0 unspecified atom stereocenters. The van der Waals surface area contributed by atoms with Crippen LogP contribution in [0.1, 0.15) is 10.4 Å². The monoisotopic (exact) mass is 334 g/mol. The minimum Gasteiger partial charge on any atom is -0.487 e. The van der Waals surface area contributed by atoms with Gasteiger partial charge in [-0.3, -0.25) is 9.59 Å². The van der Waals surface area contributed by atoms with Gasteiger partial charge in [0.2, 0.25) is 0 Å². The summed E-state index contributed by atoms with van der Waals surface area (Å²) in [5, 5.41) is 4.48. The summed E-state index contributed by atoms with van der Waals surface area (Å²) >= 11 is 1.55. The molecule has 2 amide bonds. The Kier molecular flexibility index (Phi) is 5.19. The van der Waals surface area contributed by atoms with Crippen LogP contribution in [0.2, 0.25) is 0 Å². The van der Waals surface area contributed by atoms with Gasteiger partial charge in [0.1, 0.15) is 0 Å².